The van der Waals surface area contributed by atoms with Crippen molar-refractivity contribution in [3.8, 4) is 0 Å². The van der Waals surface area contributed by atoms with Crippen LogP contribution < -0.4 is 10.6 Å². The molecular weight excluding hydrogens is 408 g/mol. The molecule has 9 nitrogen and oxygen atoms in total. The smallest absolute Gasteiger partial charge is 0.269 e. The van der Waals surface area contributed by atoms with Gasteiger partial charge in [0.1, 0.15) is 0 Å². The van der Waals surface area contributed by atoms with Crippen LogP contribution in [0.4, 0.5) is 11.4 Å². The molecule has 2 aromatic rings. The van der Waals surface area contributed by atoms with E-state index in [2.05, 4.69) is 10.6 Å². The van der Waals surface area contributed by atoms with Crippen LogP contribution in [0.5, 0.6) is 0 Å². The van der Waals surface area contributed by atoms with E-state index < -0.39 is 20.9 Å². The van der Waals surface area contributed by atoms with Crippen LogP contribution >= 0.6 is 0 Å². The Balaban J connectivity index is 1.48. The van der Waals surface area contributed by atoms with E-state index in [-0.39, 0.29) is 23.0 Å². The van der Waals surface area contributed by atoms with Gasteiger partial charge in [0.25, 0.3) is 5.69 Å². The number of carbonyl (C=O) groups excluding carboxylic acids is 1. The quantitative estimate of drug-likeness (QED) is 0.375. The summed E-state index contributed by atoms with van der Waals surface area (Å²) in [5.41, 5.74) is 0.730. The number of hydrogen-bond donors (Lipinski definition) is 2. The van der Waals surface area contributed by atoms with Gasteiger partial charge in [0, 0.05) is 44.0 Å². The number of rotatable bonds is 8. The molecule has 30 heavy (non-hydrogen) atoms. The van der Waals surface area contributed by atoms with Gasteiger partial charge in [-0.05, 0) is 37.1 Å². The summed E-state index contributed by atoms with van der Waals surface area (Å²) in [6.07, 6.45) is 1.27. The Bertz CT molecular complexity index is 980. The van der Waals surface area contributed by atoms with Gasteiger partial charge in [-0.25, -0.2) is 8.42 Å². The number of amides is 1. The normalized spacial score (nSPS) is 17.3. The third kappa shape index (κ3) is 5.33. The van der Waals surface area contributed by atoms with Gasteiger partial charge in [0.15, 0.2) is 0 Å². The van der Waals surface area contributed by atoms with E-state index in [0.717, 1.165) is 0 Å². The first-order valence-corrected chi connectivity index (χ1v) is 11.1. The highest BCUT2D eigenvalue weighted by molar-refractivity contribution is 7.89. The van der Waals surface area contributed by atoms with Crippen molar-refractivity contribution in [2.24, 2.45) is 5.92 Å². The molecule has 1 aliphatic heterocycles. The topological polar surface area (TPSA) is 122 Å². The van der Waals surface area contributed by atoms with E-state index in [1.165, 1.54) is 16.4 Å². The number of carbonyl (C=O) groups is 1. The van der Waals surface area contributed by atoms with Crippen LogP contribution in [-0.2, 0) is 14.8 Å². The molecule has 2 N–H and O–H groups in total. The van der Waals surface area contributed by atoms with Crippen LogP contribution in [0, 0.1) is 16.0 Å². The number of hydrogen-bond acceptors (Lipinski definition) is 6. The Labute approximate surface area is 175 Å². The molecule has 160 valence electrons. The first-order chi connectivity index (χ1) is 14.4. The number of piperidine rings is 1. The summed E-state index contributed by atoms with van der Waals surface area (Å²) < 4.78 is 26.9. The summed E-state index contributed by atoms with van der Waals surface area (Å²) >= 11 is 0. The summed E-state index contributed by atoms with van der Waals surface area (Å²) in [7, 11) is -3.61. The van der Waals surface area contributed by atoms with E-state index in [0.29, 0.717) is 38.2 Å². The lowest BCUT2D eigenvalue weighted by molar-refractivity contribution is -0.384. The molecule has 10 heteroatoms. The molecule has 2 aromatic carbocycles. The van der Waals surface area contributed by atoms with Crippen LogP contribution in [0.3, 0.4) is 0 Å². The Morgan fingerprint density at radius 3 is 2.47 bits per heavy atom. The molecule has 1 saturated heterocycles. The van der Waals surface area contributed by atoms with Gasteiger partial charge in [0.05, 0.1) is 15.7 Å². The van der Waals surface area contributed by atoms with Crippen molar-refractivity contribution in [3.05, 3.63) is 64.7 Å². The zero-order valence-electron chi connectivity index (χ0n) is 16.4. The Morgan fingerprint density at radius 1 is 1.10 bits per heavy atom. The van der Waals surface area contributed by atoms with E-state index in [9.17, 15) is 23.3 Å². The average Bonchev–Trinajstić information content (AvgIpc) is 2.77. The van der Waals surface area contributed by atoms with Crippen LogP contribution in [0.15, 0.2) is 59.5 Å². The zero-order chi connectivity index (χ0) is 21.6. The predicted molar refractivity (Wildman–Crippen MR) is 113 cm³/mol. The minimum absolute atomic E-state index is 0.0150. The molecule has 0 saturated carbocycles. The Morgan fingerprint density at radius 2 is 1.80 bits per heavy atom. The summed E-state index contributed by atoms with van der Waals surface area (Å²) in [6.45, 7) is 1.38. The van der Waals surface area contributed by atoms with Crippen molar-refractivity contribution in [3.63, 3.8) is 0 Å². The van der Waals surface area contributed by atoms with E-state index >= 15 is 0 Å². The predicted octanol–water partition coefficient (Wildman–Crippen LogP) is 2.22. The van der Waals surface area contributed by atoms with Crippen LogP contribution in [0.1, 0.15) is 12.8 Å². The fourth-order valence-corrected chi connectivity index (χ4v) is 4.90. The second kappa shape index (κ2) is 9.68. The van der Waals surface area contributed by atoms with Crippen molar-refractivity contribution >= 4 is 27.3 Å². The van der Waals surface area contributed by atoms with Crippen LogP contribution in [-0.4, -0.2) is 49.7 Å². The molecule has 0 aromatic heterocycles. The highest BCUT2D eigenvalue weighted by Crippen LogP contribution is 2.23. The number of nitrogens with one attached hydrogen (secondary N) is 2. The monoisotopic (exact) mass is 432 g/mol. The molecule has 1 amide bonds. The Hall–Kier alpha value is -2.98. The van der Waals surface area contributed by atoms with E-state index in [4.69, 9.17) is 0 Å². The van der Waals surface area contributed by atoms with E-state index in [1.807, 2.05) is 0 Å². The molecule has 3 rings (SSSR count). The van der Waals surface area contributed by atoms with Crippen molar-refractivity contribution in [1.29, 1.82) is 0 Å². The lowest BCUT2D eigenvalue weighted by Gasteiger charge is -2.31. The maximum absolute atomic E-state index is 12.8. The standard InChI is InChI=1S/C20H24N4O5S/c25-20(22-13-12-21-17-8-10-18(11-9-17)24(26)27)16-5-4-14-23(15-16)30(28,29)19-6-2-1-3-7-19/h1-3,6-11,16,21H,4-5,12-15H2,(H,22,25). The van der Waals surface area contributed by atoms with Crippen LogP contribution in [0.2, 0.25) is 0 Å². The third-order valence-corrected chi connectivity index (χ3v) is 6.85. The fraction of sp³-hybridized carbons (Fsp3) is 0.350. The van der Waals surface area contributed by atoms with Gasteiger partial charge in [0.2, 0.25) is 15.9 Å². The summed E-state index contributed by atoms with van der Waals surface area (Å²) in [5, 5.41) is 16.6. The Kier molecular flexibility index (Phi) is 7.01. The van der Waals surface area contributed by atoms with Gasteiger partial charge in [-0.15, -0.1) is 0 Å². The molecular formula is C20H24N4O5S. The molecule has 1 unspecified atom stereocenters. The second-order valence-electron chi connectivity index (χ2n) is 7.04. The highest BCUT2D eigenvalue weighted by Gasteiger charge is 2.33. The molecule has 0 bridgehead atoms. The number of non-ortho nitro benzene ring substituents is 1. The van der Waals surface area contributed by atoms with Gasteiger partial charge in [-0.2, -0.15) is 4.31 Å². The minimum Gasteiger partial charge on any atom is -0.383 e. The summed E-state index contributed by atoms with van der Waals surface area (Å²) in [5.74, 6) is -0.565. The molecule has 1 atom stereocenters. The molecule has 1 fully saturated rings. The van der Waals surface area contributed by atoms with Crippen molar-refractivity contribution in [2.45, 2.75) is 17.7 Å². The van der Waals surface area contributed by atoms with E-state index in [1.54, 1.807) is 42.5 Å². The first-order valence-electron chi connectivity index (χ1n) is 9.69. The lowest BCUT2D eigenvalue weighted by Crippen LogP contribution is -2.46. The number of nitro groups is 1. The van der Waals surface area contributed by atoms with Crippen molar-refractivity contribution in [1.82, 2.24) is 9.62 Å². The lowest BCUT2D eigenvalue weighted by atomic mass is 9.99. The van der Waals surface area contributed by atoms with Gasteiger partial charge < -0.3 is 10.6 Å². The highest BCUT2D eigenvalue weighted by atomic mass is 32.2. The molecule has 0 aliphatic carbocycles. The molecule has 1 aliphatic rings. The van der Waals surface area contributed by atoms with Crippen LogP contribution in [0.25, 0.3) is 0 Å². The van der Waals surface area contributed by atoms with Gasteiger partial charge >= 0.3 is 0 Å². The number of nitrogens with zero attached hydrogens (tertiary/aromatic N) is 2. The summed E-state index contributed by atoms with van der Waals surface area (Å²) in [4.78, 5) is 22.9. The number of nitro benzene ring substituents is 1. The number of sulfonamides is 1. The molecule has 0 spiro atoms. The zero-order valence-corrected chi connectivity index (χ0v) is 17.2. The SMILES string of the molecule is O=C(NCCNc1ccc([N+](=O)[O-])cc1)C1CCCN(S(=O)(=O)c2ccccc2)C1. The minimum atomic E-state index is -3.61. The van der Waals surface area contributed by atoms with Crippen molar-refractivity contribution < 1.29 is 18.1 Å². The average molecular weight is 433 g/mol. The third-order valence-electron chi connectivity index (χ3n) is 4.97. The number of benzene rings is 2. The summed E-state index contributed by atoms with van der Waals surface area (Å²) in [6, 6.07) is 14.3. The largest absolute Gasteiger partial charge is 0.383 e. The van der Waals surface area contributed by atoms with Gasteiger partial charge in [-0.3, -0.25) is 14.9 Å². The van der Waals surface area contributed by atoms with Gasteiger partial charge in [-0.1, -0.05) is 18.2 Å². The maximum atomic E-state index is 12.8. The first kappa shape index (κ1) is 21.7. The molecule has 1 heterocycles. The number of anilines is 1. The second-order valence-corrected chi connectivity index (χ2v) is 8.97. The van der Waals surface area contributed by atoms with Crippen molar-refractivity contribution in [2.75, 3.05) is 31.5 Å². The fourth-order valence-electron chi connectivity index (χ4n) is 3.35. The molecule has 0 radical (unpaired) electrons. The maximum Gasteiger partial charge on any atom is 0.269 e.